The van der Waals surface area contributed by atoms with Crippen molar-refractivity contribution in [1.82, 2.24) is 5.32 Å². The van der Waals surface area contributed by atoms with Gasteiger partial charge in [-0.3, -0.25) is 0 Å². The summed E-state index contributed by atoms with van der Waals surface area (Å²) < 4.78 is 7.08. The average molecular weight is 324 g/mol. The maximum atomic E-state index is 5.90. The average Bonchev–Trinajstić information content (AvgIpc) is 2.89. The number of ether oxygens (including phenoxy) is 1. The summed E-state index contributed by atoms with van der Waals surface area (Å²) in [4.78, 5) is 0. The summed E-state index contributed by atoms with van der Waals surface area (Å²) in [6.45, 7) is 0.833. The molecule has 0 bridgehead atoms. The Labute approximate surface area is 124 Å². The largest absolute Gasteiger partial charge is 0.493 e. The molecule has 1 aliphatic heterocycles. The van der Waals surface area contributed by atoms with Crippen LogP contribution in [-0.4, -0.2) is 13.7 Å². The van der Waals surface area contributed by atoms with Crippen LogP contribution in [0.3, 0.4) is 0 Å². The van der Waals surface area contributed by atoms with Crippen molar-refractivity contribution in [2.24, 2.45) is 5.92 Å². The van der Waals surface area contributed by atoms with Crippen LogP contribution in [0.25, 0.3) is 0 Å². The normalized spacial score (nSPS) is 20.9. The molecule has 1 atom stereocenters. The van der Waals surface area contributed by atoms with Gasteiger partial charge < -0.3 is 10.1 Å². The van der Waals surface area contributed by atoms with Crippen LogP contribution in [0.2, 0.25) is 0 Å². The Bertz CT molecular complexity index is 454. The highest BCUT2D eigenvalue weighted by molar-refractivity contribution is 9.10. The third kappa shape index (κ3) is 2.68. The fourth-order valence-electron chi connectivity index (χ4n) is 3.64. The maximum absolute atomic E-state index is 5.90. The van der Waals surface area contributed by atoms with E-state index in [0.717, 1.165) is 24.7 Å². The van der Waals surface area contributed by atoms with Crippen LogP contribution < -0.4 is 10.1 Å². The number of nitrogens with one attached hydrogen (secondary N) is 1. The molecule has 2 aliphatic rings. The van der Waals surface area contributed by atoms with E-state index in [0.29, 0.717) is 6.04 Å². The standard InChI is InChI=1S/C16H22BrNO/c1-18-15(11-5-3-2-4-6-11)14-10-13(17)9-12-7-8-19-16(12)14/h9-11,15,18H,2-8H2,1H3. The number of fused-ring (bicyclic) bond motifs is 1. The minimum absolute atomic E-state index is 0.435. The second-order valence-corrected chi connectivity index (χ2v) is 6.66. The van der Waals surface area contributed by atoms with Crippen molar-refractivity contribution in [3.63, 3.8) is 0 Å². The van der Waals surface area contributed by atoms with E-state index in [1.54, 1.807) is 0 Å². The van der Waals surface area contributed by atoms with Gasteiger partial charge in [0, 0.05) is 22.5 Å². The highest BCUT2D eigenvalue weighted by Crippen LogP contribution is 2.42. The molecule has 3 rings (SSSR count). The van der Waals surface area contributed by atoms with Crippen LogP contribution in [0.4, 0.5) is 0 Å². The molecule has 1 aliphatic carbocycles. The minimum atomic E-state index is 0.435. The van der Waals surface area contributed by atoms with Gasteiger partial charge in [0.15, 0.2) is 0 Å². The Morgan fingerprint density at radius 3 is 2.79 bits per heavy atom. The second kappa shape index (κ2) is 5.84. The summed E-state index contributed by atoms with van der Waals surface area (Å²) in [6, 6.07) is 4.89. The number of rotatable bonds is 3. The lowest BCUT2D eigenvalue weighted by Crippen LogP contribution is -2.27. The molecular weight excluding hydrogens is 302 g/mol. The Balaban J connectivity index is 1.94. The Morgan fingerprint density at radius 1 is 1.26 bits per heavy atom. The molecule has 0 aromatic heterocycles. The van der Waals surface area contributed by atoms with E-state index in [1.807, 2.05) is 0 Å². The monoisotopic (exact) mass is 323 g/mol. The predicted molar refractivity (Wildman–Crippen MR) is 81.7 cm³/mol. The lowest BCUT2D eigenvalue weighted by molar-refractivity contribution is 0.273. The summed E-state index contributed by atoms with van der Waals surface area (Å²) >= 11 is 3.65. The van der Waals surface area contributed by atoms with Gasteiger partial charge in [-0.25, -0.2) is 0 Å². The Hall–Kier alpha value is -0.540. The molecule has 1 aromatic carbocycles. The van der Waals surface area contributed by atoms with E-state index in [2.05, 4.69) is 40.4 Å². The molecule has 0 saturated heterocycles. The first-order chi connectivity index (χ1) is 9.29. The smallest absolute Gasteiger partial charge is 0.127 e. The summed E-state index contributed by atoms with van der Waals surface area (Å²) in [7, 11) is 2.08. The van der Waals surface area contributed by atoms with Crippen molar-refractivity contribution in [1.29, 1.82) is 0 Å². The van der Waals surface area contributed by atoms with Crippen molar-refractivity contribution < 1.29 is 4.74 Å². The number of benzene rings is 1. The third-order valence-electron chi connectivity index (χ3n) is 4.54. The predicted octanol–water partition coefficient (Wildman–Crippen LogP) is 4.22. The molecule has 104 valence electrons. The number of hydrogen-bond acceptors (Lipinski definition) is 2. The van der Waals surface area contributed by atoms with Crippen molar-refractivity contribution in [3.05, 3.63) is 27.7 Å². The van der Waals surface area contributed by atoms with Gasteiger partial charge in [0.1, 0.15) is 5.75 Å². The molecule has 2 nitrogen and oxygen atoms in total. The zero-order valence-electron chi connectivity index (χ0n) is 11.5. The van der Waals surface area contributed by atoms with E-state index in [-0.39, 0.29) is 0 Å². The lowest BCUT2D eigenvalue weighted by atomic mass is 9.80. The highest BCUT2D eigenvalue weighted by Gasteiger charge is 2.29. The highest BCUT2D eigenvalue weighted by atomic mass is 79.9. The number of halogens is 1. The topological polar surface area (TPSA) is 21.3 Å². The van der Waals surface area contributed by atoms with Crippen LogP contribution in [0.5, 0.6) is 5.75 Å². The van der Waals surface area contributed by atoms with Crippen LogP contribution >= 0.6 is 15.9 Å². The van der Waals surface area contributed by atoms with Crippen molar-refractivity contribution in [2.75, 3.05) is 13.7 Å². The van der Waals surface area contributed by atoms with Crippen LogP contribution in [0.1, 0.15) is 49.3 Å². The molecule has 3 heteroatoms. The van der Waals surface area contributed by atoms with Gasteiger partial charge >= 0.3 is 0 Å². The zero-order valence-corrected chi connectivity index (χ0v) is 13.1. The van der Waals surface area contributed by atoms with Gasteiger partial charge in [0.25, 0.3) is 0 Å². The summed E-state index contributed by atoms with van der Waals surface area (Å²) in [5, 5.41) is 3.54. The fraction of sp³-hybridized carbons (Fsp3) is 0.625. The molecular formula is C16H22BrNO. The Morgan fingerprint density at radius 2 is 2.05 bits per heavy atom. The van der Waals surface area contributed by atoms with Crippen LogP contribution in [0.15, 0.2) is 16.6 Å². The molecule has 1 saturated carbocycles. The van der Waals surface area contributed by atoms with Crippen molar-refractivity contribution in [2.45, 2.75) is 44.6 Å². The second-order valence-electron chi connectivity index (χ2n) is 5.75. The fourth-order valence-corrected chi connectivity index (χ4v) is 4.16. The summed E-state index contributed by atoms with van der Waals surface area (Å²) in [6.07, 6.45) is 7.88. The molecule has 0 amide bonds. The van der Waals surface area contributed by atoms with E-state index in [9.17, 15) is 0 Å². The van der Waals surface area contributed by atoms with Gasteiger partial charge in [0.05, 0.1) is 6.61 Å². The van der Waals surface area contributed by atoms with Crippen LogP contribution in [-0.2, 0) is 6.42 Å². The van der Waals surface area contributed by atoms with E-state index in [4.69, 9.17) is 4.74 Å². The van der Waals surface area contributed by atoms with Gasteiger partial charge in [-0.1, -0.05) is 35.2 Å². The first-order valence-corrected chi connectivity index (χ1v) is 8.21. The SMILES string of the molecule is CNC(c1cc(Br)cc2c1OCC2)C1CCCCC1. The van der Waals surface area contributed by atoms with Crippen molar-refractivity contribution in [3.8, 4) is 5.75 Å². The third-order valence-corrected chi connectivity index (χ3v) is 5.00. The lowest BCUT2D eigenvalue weighted by Gasteiger charge is -2.31. The van der Waals surface area contributed by atoms with Gasteiger partial charge in [-0.15, -0.1) is 0 Å². The molecule has 1 aromatic rings. The molecule has 19 heavy (non-hydrogen) atoms. The Kier molecular flexibility index (Phi) is 4.13. The molecule has 1 N–H and O–H groups in total. The quantitative estimate of drug-likeness (QED) is 0.899. The molecule has 0 spiro atoms. The molecule has 0 radical (unpaired) electrons. The summed E-state index contributed by atoms with van der Waals surface area (Å²) in [5.41, 5.74) is 2.72. The minimum Gasteiger partial charge on any atom is -0.493 e. The first-order valence-electron chi connectivity index (χ1n) is 7.42. The maximum Gasteiger partial charge on any atom is 0.127 e. The van der Waals surface area contributed by atoms with Crippen LogP contribution in [0, 0.1) is 5.92 Å². The van der Waals surface area contributed by atoms with Crippen molar-refractivity contribution >= 4 is 15.9 Å². The molecule has 1 unspecified atom stereocenters. The molecule has 1 fully saturated rings. The van der Waals surface area contributed by atoms with E-state index < -0.39 is 0 Å². The molecule has 1 heterocycles. The summed E-state index contributed by atoms with van der Waals surface area (Å²) in [5.74, 6) is 1.90. The van der Waals surface area contributed by atoms with E-state index >= 15 is 0 Å². The van der Waals surface area contributed by atoms with E-state index in [1.165, 1.54) is 47.7 Å². The zero-order chi connectivity index (χ0) is 13.2. The van der Waals surface area contributed by atoms with Gasteiger partial charge in [-0.05, 0) is 43.5 Å². The number of hydrogen-bond donors (Lipinski definition) is 1. The first kappa shape index (κ1) is 13.4. The van der Waals surface area contributed by atoms with Gasteiger partial charge in [-0.2, -0.15) is 0 Å². The van der Waals surface area contributed by atoms with Gasteiger partial charge in [0.2, 0.25) is 0 Å².